The van der Waals surface area contributed by atoms with Gasteiger partial charge in [-0.1, -0.05) is 13.8 Å². The van der Waals surface area contributed by atoms with Crippen molar-refractivity contribution >= 4 is 9.84 Å². The van der Waals surface area contributed by atoms with Crippen LogP contribution in [0.2, 0.25) is 0 Å². The molecule has 19 heavy (non-hydrogen) atoms. The van der Waals surface area contributed by atoms with Gasteiger partial charge in [0.1, 0.15) is 0 Å². The van der Waals surface area contributed by atoms with Crippen molar-refractivity contribution in [1.29, 1.82) is 0 Å². The fraction of sp³-hybridized carbons (Fsp3) is 1.00. The number of hydrogen-bond donors (Lipinski definition) is 1. The molecule has 1 aliphatic heterocycles. The highest BCUT2D eigenvalue weighted by Crippen LogP contribution is 2.18. The van der Waals surface area contributed by atoms with E-state index >= 15 is 0 Å². The number of sulfone groups is 1. The van der Waals surface area contributed by atoms with Crippen molar-refractivity contribution in [3.05, 3.63) is 0 Å². The van der Waals surface area contributed by atoms with Crippen LogP contribution in [-0.2, 0) is 14.6 Å². The van der Waals surface area contributed by atoms with E-state index in [1.165, 1.54) is 0 Å². The summed E-state index contributed by atoms with van der Waals surface area (Å²) < 4.78 is 29.6. The van der Waals surface area contributed by atoms with Crippen LogP contribution in [0.15, 0.2) is 0 Å². The van der Waals surface area contributed by atoms with Gasteiger partial charge >= 0.3 is 0 Å². The number of rotatable bonds is 9. The van der Waals surface area contributed by atoms with E-state index in [9.17, 15) is 8.42 Å². The largest absolute Gasteiger partial charge is 0.381 e. The van der Waals surface area contributed by atoms with Gasteiger partial charge in [-0.3, -0.25) is 0 Å². The summed E-state index contributed by atoms with van der Waals surface area (Å²) in [7, 11) is -2.92. The van der Waals surface area contributed by atoms with Crippen LogP contribution in [0.3, 0.4) is 0 Å². The Hall–Kier alpha value is -0.130. The molecule has 0 aromatic carbocycles. The lowest BCUT2D eigenvalue weighted by molar-refractivity contribution is 0.0983. The monoisotopic (exact) mass is 291 g/mol. The molecule has 4 nitrogen and oxygen atoms in total. The minimum atomic E-state index is -2.92. The molecule has 1 saturated heterocycles. The van der Waals surface area contributed by atoms with E-state index in [-0.39, 0.29) is 5.25 Å². The average Bonchev–Trinajstić information content (AvgIpc) is 2.43. The van der Waals surface area contributed by atoms with Crippen LogP contribution < -0.4 is 5.32 Å². The molecule has 0 amide bonds. The van der Waals surface area contributed by atoms with Gasteiger partial charge in [0, 0.05) is 19.3 Å². The van der Waals surface area contributed by atoms with E-state index in [1.807, 2.05) is 0 Å². The summed E-state index contributed by atoms with van der Waals surface area (Å²) in [4.78, 5) is 0. The zero-order valence-corrected chi connectivity index (χ0v) is 13.2. The minimum Gasteiger partial charge on any atom is -0.381 e. The normalized spacial score (nSPS) is 19.5. The van der Waals surface area contributed by atoms with Crippen LogP contribution >= 0.6 is 0 Å². The van der Waals surface area contributed by atoms with Gasteiger partial charge in [-0.15, -0.1) is 0 Å². The lowest BCUT2D eigenvalue weighted by Crippen LogP contribution is -2.32. The minimum absolute atomic E-state index is 0.162. The van der Waals surface area contributed by atoms with Crippen LogP contribution in [0.4, 0.5) is 0 Å². The standard InChI is InChI=1S/C14H29NO3S/c1-3-9-15-13(4-2)6-5-12-19(16,17)14-7-10-18-11-8-14/h13-15H,3-12H2,1-2H3. The Kier molecular flexibility index (Phi) is 7.95. The number of nitrogens with one attached hydrogen (secondary N) is 1. The summed E-state index contributed by atoms with van der Waals surface area (Å²) in [6.45, 7) is 6.51. The predicted molar refractivity (Wildman–Crippen MR) is 79.2 cm³/mol. The molecular weight excluding hydrogens is 262 g/mol. The molecule has 0 aromatic heterocycles. The second kappa shape index (κ2) is 8.93. The van der Waals surface area contributed by atoms with E-state index in [2.05, 4.69) is 19.2 Å². The third-order valence-corrected chi connectivity index (χ3v) is 6.18. The first-order valence-corrected chi connectivity index (χ1v) is 9.34. The fourth-order valence-electron chi connectivity index (χ4n) is 2.53. The molecule has 0 saturated carbocycles. The Morgan fingerprint density at radius 2 is 1.95 bits per heavy atom. The Labute approximate surface area is 118 Å². The van der Waals surface area contributed by atoms with Gasteiger partial charge in [0.25, 0.3) is 0 Å². The number of hydrogen-bond acceptors (Lipinski definition) is 4. The van der Waals surface area contributed by atoms with Crippen molar-refractivity contribution < 1.29 is 13.2 Å². The van der Waals surface area contributed by atoms with Gasteiger partial charge in [-0.05, 0) is 45.1 Å². The molecule has 0 aliphatic carbocycles. The highest BCUT2D eigenvalue weighted by atomic mass is 32.2. The molecule has 0 spiro atoms. The molecule has 114 valence electrons. The molecule has 1 unspecified atom stereocenters. The molecule has 0 bridgehead atoms. The smallest absolute Gasteiger partial charge is 0.153 e. The third-order valence-electron chi connectivity index (χ3n) is 3.83. The lowest BCUT2D eigenvalue weighted by atomic mass is 10.1. The maximum Gasteiger partial charge on any atom is 0.153 e. The molecule has 1 rings (SSSR count). The quantitative estimate of drug-likeness (QED) is 0.707. The molecule has 1 aliphatic rings. The SMILES string of the molecule is CCCNC(CC)CCCS(=O)(=O)C1CCOCC1. The summed E-state index contributed by atoms with van der Waals surface area (Å²) in [6.07, 6.45) is 5.27. The zero-order chi connectivity index (χ0) is 14.1. The molecule has 1 fully saturated rings. The van der Waals surface area contributed by atoms with Crippen LogP contribution in [-0.4, -0.2) is 45.2 Å². The molecule has 1 heterocycles. The second-order valence-electron chi connectivity index (χ2n) is 5.38. The molecule has 5 heteroatoms. The first-order valence-electron chi connectivity index (χ1n) is 7.62. The van der Waals surface area contributed by atoms with Crippen molar-refractivity contribution in [2.24, 2.45) is 0 Å². The first kappa shape index (κ1) is 16.9. The first-order chi connectivity index (χ1) is 9.10. The summed E-state index contributed by atoms with van der Waals surface area (Å²) in [5.41, 5.74) is 0. The molecular formula is C14H29NO3S. The van der Waals surface area contributed by atoms with Crippen molar-refractivity contribution in [2.75, 3.05) is 25.5 Å². The van der Waals surface area contributed by atoms with Crippen LogP contribution in [0, 0.1) is 0 Å². The van der Waals surface area contributed by atoms with E-state index in [4.69, 9.17) is 4.74 Å². The van der Waals surface area contributed by atoms with Gasteiger partial charge in [-0.2, -0.15) is 0 Å². The summed E-state index contributed by atoms with van der Waals surface area (Å²) >= 11 is 0. The Bertz CT molecular complexity index is 324. The Balaban J connectivity index is 2.29. The van der Waals surface area contributed by atoms with E-state index in [1.54, 1.807) is 0 Å². The van der Waals surface area contributed by atoms with E-state index in [0.717, 1.165) is 32.2 Å². The average molecular weight is 291 g/mol. The van der Waals surface area contributed by atoms with Gasteiger partial charge in [0.05, 0.1) is 11.0 Å². The van der Waals surface area contributed by atoms with Crippen LogP contribution in [0.1, 0.15) is 52.4 Å². The van der Waals surface area contributed by atoms with Crippen LogP contribution in [0.5, 0.6) is 0 Å². The van der Waals surface area contributed by atoms with Crippen molar-refractivity contribution in [2.45, 2.75) is 63.7 Å². The topological polar surface area (TPSA) is 55.4 Å². The lowest BCUT2D eigenvalue weighted by Gasteiger charge is -2.22. The van der Waals surface area contributed by atoms with Crippen molar-refractivity contribution in [3.63, 3.8) is 0 Å². The predicted octanol–water partition coefficient (Wildman–Crippen LogP) is 2.14. The highest BCUT2D eigenvalue weighted by Gasteiger charge is 2.27. The highest BCUT2D eigenvalue weighted by molar-refractivity contribution is 7.92. The summed E-state index contributed by atoms with van der Waals surface area (Å²) in [5.74, 6) is 0.335. The zero-order valence-electron chi connectivity index (χ0n) is 12.4. The summed E-state index contributed by atoms with van der Waals surface area (Å²) in [6, 6.07) is 0.463. The maximum absolute atomic E-state index is 12.2. The maximum atomic E-state index is 12.2. The van der Waals surface area contributed by atoms with Crippen molar-refractivity contribution in [1.82, 2.24) is 5.32 Å². The number of ether oxygens (including phenoxy) is 1. The molecule has 0 aromatic rings. The molecule has 1 atom stereocenters. The van der Waals surface area contributed by atoms with Gasteiger partial charge in [0.2, 0.25) is 0 Å². The molecule has 0 radical (unpaired) electrons. The Morgan fingerprint density at radius 1 is 1.26 bits per heavy atom. The Morgan fingerprint density at radius 3 is 2.53 bits per heavy atom. The fourth-order valence-corrected chi connectivity index (χ4v) is 4.34. The van der Waals surface area contributed by atoms with Gasteiger partial charge in [0.15, 0.2) is 9.84 Å². The van der Waals surface area contributed by atoms with Gasteiger partial charge in [-0.25, -0.2) is 8.42 Å². The molecule has 1 N–H and O–H groups in total. The second-order valence-corrected chi connectivity index (χ2v) is 7.78. The third kappa shape index (κ3) is 6.23. The summed E-state index contributed by atoms with van der Waals surface area (Å²) in [5, 5.41) is 3.31. The van der Waals surface area contributed by atoms with Crippen molar-refractivity contribution in [3.8, 4) is 0 Å². The van der Waals surface area contributed by atoms with Gasteiger partial charge < -0.3 is 10.1 Å². The van der Waals surface area contributed by atoms with Crippen LogP contribution in [0.25, 0.3) is 0 Å². The van der Waals surface area contributed by atoms with E-state index in [0.29, 0.717) is 37.9 Å². The van der Waals surface area contributed by atoms with E-state index < -0.39 is 9.84 Å².